The molecule has 1 aliphatic carbocycles. The average Bonchev–Trinajstić information content (AvgIpc) is 2.88. The number of ether oxygens (including phenoxy) is 1. The highest BCUT2D eigenvalue weighted by Gasteiger charge is 2.12. The van der Waals surface area contributed by atoms with Gasteiger partial charge in [-0.05, 0) is 76.1 Å². The van der Waals surface area contributed by atoms with E-state index >= 15 is 0 Å². The van der Waals surface area contributed by atoms with Crippen LogP contribution in [-0.2, 0) is 18.2 Å². The van der Waals surface area contributed by atoms with E-state index in [9.17, 15) is 0 Å². The van der Waals surface area contributed by atoms with Crippen LogP contribution in [0, 0.1) is 0 Å². The van der Waals surface area contributed by atoms with Gasteiger partial charge in [0, 0.05) is 5.33 Å². The Kier molecular flexibility index (Phi) is 3.94. The fraction of sp³-hybridized carbons (Fsp3) is 0.250. The predicted molar refractivity (Wildman–Crippen MR) is 85.3 cm³/mol. The molecule has 0 fully saturated rings. The lowest BCUT2D eigenvalue weighted by Gasteiger charge is -2.10. The normalized spacial score (nSPS) is 13.4. The molecule has 98 valence electrons. The first kappa shape index (κ1) is 13.2. The lowest BCUT2D eigenvalue weighted by Crippen LogP contribution is -1.89. The van der Waals surface area contributed by atoms with Crippen molar-refractivity contribution in [3.05, 3.63) is 57.6 Å². The number of benzene rings is 2. The summed E-state index contributed by atoms with van der Waals surface area (Å²) in [5.41, 5.74) is 4.14. The lowest BCUT2D eigenvalue weighted by molar-refractivity contribution is 0.479. The summed E-state index contributed by atoms with van der Waals surface area (Å²) in [5, 5.41) is 0.852. The molecule has 1 aliphatic rings. The van der Waals surface area contributed by atoms with E-state index in [4.69, 9.17) is 4.74 Å². The van der Waals surface area contributed by atoms with E-state index in [1.807, 2.05) is 6.07 Å². The third-order valence-electron chi connectivity index (χ3n) is 3.45. The van der Waals surface area contributed by atoms with Gasteiger partial charge in [0.15, 0.2) is 0 Å². The van der Waals surface area contributed by atoms with Gasteiger partial charge in [-0.2, -0.15) is 0 Å². The molecule has 19 heavy (non-hydrogen) atoms. The molecule has 3 rings (SSSR count). The first-order chi connectivity index (χ1) is 9.26. The summed E-state index contributed by atoms with van der Waals surface area (Å²) in [6.45, 7) is 0. The molecule has 0 radical (unpaired) electrons. The fourth-order valence-electron chi connectivity index (χ4n) is 2.45. The molecule has 0 saturated carbocycles. The highest BCUT2D eigenvalue weighted by molar-refractivity contribution is 9.10. The number of hydrogen-bond donors (Lipinski definition) is 0. The van der Waals surface area contributed by atoms with Crippen LogP contribution in [0.15, 0.2) is 40.9 Å². The van der Waals surface area contributed by atoms with Crippen LogP contribution in [0.1, 0.15) is 23.1 Å². The summed E-state index contributed by atoms with van der Waals surface area (Å²) in [6, 6.07) is 12.6. The topological polar surface area (TPSA) is 9.23 Å². The summed E-state index contributed by atoms with van der Waals surface area (Å²) in [7, 11) is 0. The van der Waals surface area contributed by atoms with Gasteiger partial charge >= 0.3 is 0 Å². The summed E-state index contributed by atoms with van der Waals surface area (Å²) in [6.07, 6.45) is 3.65. The number of fused-ring (bicyclic) bond motifs is 1. The Morgan fingerprint density at radius 2 is 1.84 bits per heavy atom. The maximum absolute atomic E-state index is 5.97. The van der Waals surface area contributed by atoms with Gasteiger partial charge in [0.2, 0.25) is 0 Å². The molecular formula is C16H14Br2O. The minimum absolute atomic E-state index is 0.852. The second-order valence-corrected chi connectivity index (χ2v) is 6.20. The Bertz CT molecular complexity index is 608. The van der Waals surface area contributed by atoms with Crippen LogP contribution in [0.25, 0.3) is 0 Å². The molecule has 0 saturated heterocycles. The second kappa shape index (κ2) is 5.68. The van der Waals surface area contributed by atoms with E-state index in [0.717, 1.165) is 21.3 Å². The molecule has 0 unspecified atom stereocenters. The van der Waals surface area contributed by atoms with Crippen LogP contribution in [0.5, 0.6) is 11.5 Å². The third-order valence-corrected chi connectivity index (χ3v) is 4.72. The van der Waals surface area contributed by atoms with Gasteiger partial charge < -0.3 is 4.74 Å². The summed E-state index contributed by atoms with van der Waals surface area (Å²) in [5.74, 6) is 1.79. The van der Waals surface area contributed by atoms with Gasteiger partial charge in [-0.1, -0.05) is 28.1 Å². The number of aryl methyl sites for hydroxylation is 2. The Morgan fingerprint density at radius 3 is 2.63 bits per heavy atom. The van der Waals surface area contributed by atoms with Crippen molar-refractivity contribution >= 4 is 31.9 Å². The Balaban J connectivity index is 1.85. The maximum Gasteiger partial charge on any atom is 0.141 e. The van der Waals surface area contributed by atoms with Crippen molar-refractivity contribution < 1.29 is 4.74 Å². The molecular weight excluding hydrogens is 368 g/mol. The summed E-state index contributed by atoms with van der Waals surface area (Å²) >= 11 is 7.02. The largest absolute Gasteiger partial charge is 0.456 e. The molecule has 2 aromatic carbocycles. The predicted octanol–water partition coefficient (Wildman–Crippen LogP) is 5.63. The molecule has 0 aliphatic heterocycles. The fourth-order valence-corrected chi connectivity index (χ4v) is 3.30. The Hall–Kier alpha value is -0.800. The van der Waals surface area contributed by atoms with E-state index in [1.165, 1.54) is 36.0 Å². The van der Waals surface area contributed by atoms with Crippen LogP contribution in [0.2, 0.25) is 0 Å². The van der Waals surface area contributed by atoms with Crippen molar-refractivity contribution in [2.45, 2.75) is 24.6 Å². The molecule has 0 spiro atoms. The highest BCUT2D eigenvalue weighted by atomic mass is 79.9. The van der Waals surface area contributed by atoms with Crippen LogP contribution in [-0.4, -0.2) is 0 Å². The third kappa shape index (κ3) is 2.87. The molecule has 2 aromatic rings. The van der Waals surface area contributed by atoms with Crippen LogP contribution in [0.3, 0.4) is 0 Å². The Morgan fingerprint density at radius 1 is 1.00 bits per heavy atom. The molecule has 0 amide bonds. The molecule has 0 atom stereocenters. The van der Waals surface area contributed by atoms with Gasteiger partial charge in [0.1, 0.15) is 11.5 Å². The average molecular weight is 382 g/mol. The van der Waals surface area contributed by atoms with Gasteiger partial charge in [-0.3, -0.25) is 0 Å². The van der Waals surface area contributed by atoms with Gasteiger partial charge in [-0.15, -0.1) is 0 Å². The first-order valence-electron chi connectivity index (χ1n) is 6.40. The van der Waals surface area contributed by atoms with Crippen molar-refractivity contribution in [2.75, 3.05) is 0 Å². The van der Waals surface area contributed by atoms with Crippen molar-refractivity contribution in [3.63, 3.8) is 0 Å². The minimum atomic E-state index is 0.852. The zero-order chi connectivity index (χ0) is 13.2. The van der Waals surface area contributed by atoms with Gasteiger partial charge in [0.05, 0.1) is 4.47 Å². The van der Waals surface area contributed by atoms with Crippen molar-refractivity contribution in [1.82, 2.24) is 0 Å². The summed E-state index contributed by atoms with van der Waals surface area (Å²) < 4.78 is 6.96. The monoisotopic (exact) mass is 380 g/mol. The molecule has 0 N–H and O–H groups in total. The molecule has 0 aromatic heterocycles. The van der Waals surface area contributed by atoms with Crippen LogP contribution < -0.4 is 4.74 Å². The van der Waals surface area contributed by atoms with E-state index < -0.39 is 0 Å². The molecule has 1 nitrogen and oxygen atoms in total. The second-order valence-electron chi connectivity index (χ2n) is 4.78. The first-order valence-corrected chi connectivity index (χ1v) is 8.32. The van der Waals surface area contributed by atoms with E-state index in [1.54, 1.807) is 0 Å². The maximum atomic E-state index is 5.97. The Labute approximate surface area is 130 Å². The van der Waals surface area contributed by atoms with Crippen molar-refractivity contribution in [3.8, 4) is 11.5 Å². The van der Waals surface area contributed by atoms with Crippen LogP contribution in [0.4, 0.5) is 0 Å². The number of alkyl halides is 1. The zero-order valence-corrected chi connectivity index (χ0v) is 13.6. The number of rotatable bonds is 3. The van der Waals surface area contributed by atoms with E-state index in [2.05, 4.69) is 62.2 Å². The van der Waals surface area contributed by atoms with Gasteiger partial charge in [-0.25, -0.2) is 0 Å². The molecule has 0 bridgehead atoms. The number of halogens is 2. The standard InChI is InChI=1S/C16H14Br2O/c17-10-11-4-7-16(15(18)8-11)19-14-6-5-12-2-1-3-13(12)9-14/h4-9H,1-3,10H2. The highest BCUT2D eigenvalue weighted by Crippen LogP contribution is 2.33. The lowest BCUT2D eigenvalue weighted by atomic mass is 10.1. The zero-order valence-electron chi connectivity index (χ0n) is 10.5. The quantitative estimate of drug-likeness (QED) is 0.626. The number of hydrogen-bond acceptors (Lipinski definition) is 1. The van der Waals surface area contributed by atoms with Crippen LogP contribution >= 0.6 is 31.9 Å². The minimum Gasteiger partial charge on any atom is -0.456 e. The SMILES string of the molecule is BrCc1ccc(Oc2ccc3c(c2)CCC3)c(Br)c1. The molecule has 0 heterocycles. The summed E-state index contributed by atoms with van der Waals surface area (Å²) in [4.78, 5) is 0. The van der Waals surface area contributed by atoms with Crippen molar-refractivity contribution in [2.24, 2.45) is 0 Å². The molecule has 3 heteroatoms. The smallest absolute Gasteiger partial charge is 0.141 e. The van der Waals surface area contributed by atoms with E-state index in [-0.39, 0.29) is 0 Å². The van der Waals surface area contributed by atoms with Gasteiger partial charge in [0.25, 0.3) is 0 Å². The van der Waals surface area contributed by atoms with Crippen molar-refractivity contribution in [1.29, 1.82) is 0 Å². The van der Waals surface area contributed by atoms with E-state index in [0.29, 0.717) is 0 Å².